The maximum Gasteiger partial charge on any atom is 0.193 e. The Bertz CT molecular complexity index is 370. The highest BCUT2D eigenvalue weighted by Gasteiger charge is 2.08. The molecule has 6 heteroatoms. The molecule has 0 saturated heterocycles. The molecule has 1 rings (SSSR count). The van der Waals surface area contributed by atoms with Gasteiger partial charge in [-0.1, -0.05) is 23.2 Å². The summed E-state index contributed by atoms with van der Waals surface area (Å²) in [6.45, 7) is 2.37. The summed E-state index contributed by atoms with van der Waals surface area (Å²) >= 11 is 11.6. The predicted molar refractivity (Wildman–Crippen MR) is 62.2 cm³/mol. The second kappa shape index (κ2) is 5.19. The van der Waals surface area contributed by atoms with Crippen molar-refractivity contribution >= 4 is 34.8 Å². The molecule has 0 aliphatic carbocycles. The molecular formula is C9H10Cl2FN3. The minimum Gasteiger partial charge on any atom is -0.370 e. The van der Waals surface area contributed by atoms with Gasteiger partial charge in [-0.3, -0.25) is 4.99 Å². The number of guanidine groups is 1. The van der Waals surface area contributed by atoms with Gasteiger partial charge in [0.15, 0.2) is 5.96 Å². The van der Waals surface area contributed by atoms with Crippen molar-refractivity contribution < 1.29 is 4.39 Å². The first kappa shape index (κ1) is 12.1. The molecule has 0 bridgehead atoms. The van der Waals surface area contributed by atoms with Gasteiger partial charge in [-0.2, -0.15) is 0 Å². The molecule has 1 aromatic rings. The fourth-order valence-corrected chi connectivity index (χ4v) is 1.55. The van der Waals surface area contributed by atoms with Crippen LogP contribution in [-0.2, 0) is 0 Å². The van der Waals surface area contributed by atoms with Crippen molar-refractivity contribution in [3.05, 3.63) is 28.0 Å². The minimum absolute atomic E-state index is 0.161. The zero-order valence-corrected chi connectivity index (χ0v) is 9.53. The molecule has 1 aromatic carbocycles. The fourth-order valence-electron chi connectivity index (χ4n) is 1.000. The van der Waals surface area contributed by atoms with Crippen LogP contribution in [0, 0.1) is 5.82 Å². The Morgan fingerprint density at radius 1 is 1.47 bits per heavy atom. The molecule has 0 heterocycles. The Morgan fingerprint density at radius 2 is 2.00 bits per heavy atom. The monoisotopic (exact) mass is 249 g/mol. The Hall–Kier alpha value is -1.00. The number of hydrogen-bond acceptors (Lipinski definition) is 1. The summed E-state index contributed by atoms with van der Waals surface area (Å²) in [5.74, 6) is -0.311. The van der Waals surface area contributed by atoms with E-state index in [4.69, 9.17) is 28.9 Å². The first-order valence-electron chi connectivity index (χ1n) is 4.26. The number of nitrogens with zero attached hydrogens (tertiary/aromatic N) is 1. The number of rotatable bonds is 2. The highest BCUT2D eigenvalue weighted by molar-refractivity contribution is 6.39. The van der Waals surface area contributed by atoms with Crippen LogP contribution in [0.5, 0.6) is 0 Å². The molecule has 0 amide bonds. The first-order valence-corrected chi connectivity index (χ1v) is 5.01. The molecule has 0 aliphatic rings. The highest BCUT2D eigenvalue weighted by Crippen LogP contribution is 2.30. The molecule has 0 radical (unpaired) electrons. The number of anilines is 1. The van der Waals surface area contributed by atoms with Gasteiger partial charge in [0.2, 0.25) is 0 Å². The lowest BCUT2D eigenvalue weighted by atomic mass is 10.3. The lowest BCUT2D eigenvalue weighted by molar-refractivity contribution is 0.628. The number of nitrogens with one attached hydrogen (secondary N) is 1. The summed E-state index contributed by atoms with van der Waals surface area (Å²) in [5.41, 5.74) is 5.88. The average Bonchev–Trinajstić information content (AvgIpc) is 2.11. The van der Waals surface area contributed by atoms with Crippen LogP contribution in [0.4, 0.5) is 10.1 Å². The number of hydrogen-bond donors (Lipinski definition) is 2. The summed E-state index contributed by atoms with van der Waals surface area (Å²) in [5, 5.41) is 3.03. The Balaban J connectivity index is 3.00. The second-order valence-electron chi connectivity index (χ2n) is 2.73. The molecule has 3 nitrogen and oxygen atoms in total. The van der Waals surface area contributed by atoms with Crippen molar-refractivity contribution in [2.24, 2.45) is 10.7 Å². The molecule has 0 unspecified atom stereocenters. The van der Waals surface area contributed by atoms with Gasteiger partial charge in [0.25, 0.3) is 0 Å². The van der Waals surface area contributed by atoms with Crippen LogP contribution in [0.3, 0.4) is 0 Å². The fraction of sp³-hybridized carbons (Fsp3) is 0.222. The predicted octanol–water partition coefficient (Wildman–Crippen LogP) is 2.88. The van der Waals surface area contributed by atoms with Gasteiger partial charge in [-0.15, -0.1) is 0 Å². The van der Waals surface area contributed by atoms with E-state index in [-0.39, 0.29) is 16.0 Å². The van der Waals surface area contributed by atoms with E-state index in [9.17, 15) is 4.39 Å². The lowest BCUT2D eigenvalue weighted by Gasteiger charge is -2.09. The molecule has 0 spiro atoms. The summed E-state index contributed by atoms with van der Waals surface area (Å²) in [6, 6.07) is 2.30. The summed E-state index contributed by atoms with van der Waals surface area (Å²) in [6.07, 6.45) is 0. The van der Waals surface area contributed by atoms with E-state index >= 15 is 0 Å². The standard InChI is InChI=1S/C9H10Cl2FN3/c1-2-14-9(13)15-8-6(10)3-5(12)4-7(8)11/h3-4H,2H2,1H3,(H3,13,14,15). The smallest absolute Gasteiger partial charge is 0.193 e. The van der Waals surface area contributed by atoms with Crippen molar-refractivity contribution in [3.63, 3.8) is 0 Å². The third-order valence-corrected chi connectivity index (χ3v) is 2.18. The van der Waals surface area contributed by atoms with Gasteiger partial charge in [-0.25, -0.2) is 4.39 Å². The van der Waals surface area contributed by atoms with Gasteiger partial charge in [0.1, 0.15) is 5.82 Å². The maximum absolute atomic E-state index is 12.8. The van der Waals surface area contributed by atoms with E-state index < -0.39 is 5.82 Å². The van der Waals surface area contributed by atoms with E-state index in [0.717, 1.165) is 12.1 Å². The molecular weight excluding hydrogens is 240 g/mol. The van der Waals surface area contributed by atoms with Crippen LogP contribution in [0.1, 0.15) is 6.92 Å². The summed E-state index contributed by atoms with van der Waals surface area (Å²) in [7, 11) is 0. The molecule has 0 saturated carbocycles. The van der Waals surface area contributed by atoms with E-state index in [1.54, 1.807) is 0 Å². The minimum atomic E-state index is -0.499. The third kappa shape index (κ3) is 3.25. The van der Waals surface area contributed by atoms with Gasteiger partial charge in [0.05, 0.1) is 15.7 Å². The topological polar surface area (TPSA) is 50.4 Å². The van der Waals surface area contributed by atoms with Crippen molar-refractivity contribution in [1.29, 1.82) is 0 Å². The van der Waals surface area contributed by atoms with Crippen LogP contribution < -0.4 is 11.1 Å². The number of halogens is 3. The number of nitrogens with two attached hydrogens (primary N) is 1. The maximum atomic E-state index is 12.8. The summed E-state index contributed by atoms with van der Waals surface area (Å²) < 4.78 is 12.8. The van der Waals surface area contributed by atoms with Crippen LogP contribution in [0.15, 0.2) is 17.1 Å². The molecule has 0 atom stereocenters. The van der Waals surface area contributed by atoms with Crippen LogP contribution in [0.2, 0.25) is 10.0 Å². The van der Waals surface area contributed by atoms with Gasteiger partial charge < -0.3 is 11.1 Å². The lowest BCUT2D eigenvalue weighted by Crippen LogP contribution is -2.23. The van der Waals surface area contributed by atoms with E-state index in [1.807, 2.05) is 6.92 Å². The molecule has 0 aliphatic heterocycles. The quantitative estimate of drug-likeness (QED) is 0.626. The molecule has 15 heavy (non-hydrogen) atoms. The van der Waals surface area contributed by atoms with Crippen LogP contribution >= 0.6 is 23.2 Å². The van der Waals surface area contributed by atoms with Crippen molar-refractivity contribution in [2.45, 2.75) is 6.92 Å². The van der Waals surface area contributed by atoms with Crippen LogP contribution in [0.25, 0.3) is 0 Å². The van der Waals surface area contributed by atoms with Crippen molar-refractivity contribution in [3.8, 4) is 0 Å². The SMILES string of the molecule is CCN=C(N)Nc1c(Cl)cc(F)cc1Cl. The molecule has 0 fully saturated rings. The normalized spacial score (nSPS) is 11.6. The van der Waals surface area contributed by atoms with Crippen molar-refractivity contribution in [1.82, 2.24) is 0 Å². The van der Waals surface area contributed by atoms with Gasteiger partial charge in [-0.05, 0) is 19.1 Å². The van der Waals surface area contributed by atoms with Gasteiger partial charge in [0, 0.05) is 6.54 Å². The van der Waals surface area contributed by atoms with E-state index in [1.165, 1.54) is 0 Å². The number of aliphatic imine (C=N–C) groups is 1. The molecule has 82 valence electrons. The summed E-state index contributed by atoms with van der Waals surface area (Å²) in [4.78, 5) is 3.90. The van der Waals surface area contributed by atoms with Crippen molar-refractivity contribution in [2.75, 3.05) is 11.9 Å². The van der Waals surface area contributed by atoms with E-state index in [2.05, 4.69) is 10.3 Å². The number of benzene rings is 1. The third-order valence-electron chi connectivity index (χ3n) is 1.59. The molecule has 3 N–H and O–H groups in total. The zero-order chi connectivity index (χ0) is 11.4. The Labute approximate surface area is 97.1 Å². The van der Waals surface area contributed by atoms with Crippen LogP contribution in [-0.4, -0.2) is 12.5 Å². The van der Waals surface area contributed by atoms with E-state index in [0.29, 0.717) is 12.2 Å². The second-order valence-corrected chi connectivity index (χ2v) is 3.54. The first-order chi connectivity index (χ1) is 7.04. The average molecular weight is 250 g/mol. The largest absolute Gasteiger partial charge is 0.370 e. The molecule has 0 aromatic heterocycles. The highest BCUT2D eigenvalue weighted by atomic mass is 35.5. The Morgan fingerprint density at radius 3 is 2.47 bits per heavy atom. The zero-order valence-electron chi connectivity index (χ0n) is 8.02. The van der Waals surface area contributed by atoms with Gasteiger partial charge >= 0.3 is 0 Å². The Kier molecular flexibility index (Phi) is 4.17.